The smallest absolute Gasteiger partial charge is 0.223 e. The van der Waals surface area contributed by atoms with Crippen LogP contribution in [0.1, 0.15) is 19.3 Å². The summed E-state index contributed by atoms with van der Waals surface area (Å²) in [7, 11) is 4.06. The molecule has 3 nitrogen and oxygen atoms in total. The van der Waals surface area contributed by atoms with Crippen LogP contribution in [0.3, 0.4) is 0 Å². The fourth-order valence-electron chi connectivity index (χ4n) is 2.33. The molecule has 0 radical (unpaired) electrons. The predicted octanol–water partition coefficient (Wildman–Crippen LogP) is 0.311. The van der Waals surface area contributed by atoms with Crippen LogP contribution in [-0.2, 0) is 4.79 Å². The fraction of sp³-hybridized carbons (Fsp3) is 0.889. The summed E-state index contributed by atoms with van der Waals surface area (Å²) in [5.41, 5.74) is 0. The first kappa shape index (κ1) is 8.05. The van der Waals surface area contributed by atoms with Gasteiger partial charge in [-0.3, -0.25) is 9.69 Å². The Hall–Kier alpha value is -0.570. The third-order valence-corrected chi connectivity index (χ3v) is 3.31. The largest absolute Gasteiger partial charge is 0.344 e. The van der Waals surface area contributed by atoms with Gasteiger partial charge >= 0.3 is 0 Å². The van der Waals surface area contributed by atoms with Crippen LogP contribution in [0, 0.1) is 0 Å². The normalized spacial score (nSPS) is 37.2. The highest BCUT2D eigenvalue weighted by molar-refractivity contribution is 5.77. The van der Waals surface area contributed by atoms with Crippen LogP contribution in [-0.4, -0.2) is 48.4 Å². The lowest BCUT2D eigenvalue weighted by molar-refractivity contribution is -0.130. The Kier molecular flexibility index (Phi) is 1.83. The van der Waals surface area contributed by atoms with Crippen LogP contribution in [0.2, 0.25) is 0 Å². The summed E-state index contributed by atoms with van der Waals surface area (Å²) >= 11 is 0. The molecule has 2 bridgehead atoms. The first-order valence-electron chi connectivity index (χ1n) is 4.64. The van der Waals surface area contributed by atoms with Crippen molar-refractivity contribution in [3.05, 3.63) is 0 Å². The Morgan fingerprint density at radius 3 is 2.67 bits per heavy atom. The number of amides is 1. The molecule has 0 aromatic rings. The molecule has 0 saturated carbocycles. The van der Waals surface area contributed by atoms with Crippen molar-refractivity contribution in [3.8, 4) is 0 Å². The maximum absolute atomic E-state index is 11.4. The average molecular weight is 168 g/mol. The van der Waals surface area contributed by atoms with Crippen LogP contribution >= 0.6 is 0 Å². The molecule has 2 atom stereocenters. The van der Waals surface area contributed by atoms with E-state index in [0.29, 0.717) is 18.0 Å². The lowest BCUT2D eigenvalue weighted by Gasteiger charge is -2.22. The second-order valence-corrected chi connectivity index (χ2v) is 4.03. The van der Waals surface area contributed by atoms with Crippen molar-refractivity contribution < 1.29 is 4.79 Å². The third kappa shape index (κ3) is 1.12. The zero-order chi connectivity index (χ0) is 8.72. The number of carbonyl (C=O) groups is 1. The molecule has 2 fully saturated rings. The molecular weight excluding hydrogens is 152 g/mol. The first-order valence-corrected chi connectivity index (χ1v) is 4.64. The van der Waals surface area contributed by atoms with Crippen molar-refractivity contribution in [3.63, 3.8) is 0 Å². The van der Waals surface area contributed by atoms with E-state index in [-0.39, 0.29) is 0 Å². The second kappa shape index (κ2) is 2.73. The van der Waals surface area contributed by atoms with E-state index in [1.165, 1.54) is 12.8 Å². The number of likely N-dealkylation sites (N-methyl/N-ethyl adjacent to an activating group) is 2. The molecule has 68 valence electrons. The minimum absolute atomic E-state index is 0.314. The summed E-state index contributed by atoms with van der Waals surface area (Å²) < 4.78 is 0. The molecule has 2 saturated heterocycles. The zero-order valence-electron chi connectivity index (χ0n) is 7.79. The van der Waals surface area contributed by atoms with E-state index in [2.05, 4.69) is 11.9 Å². The molecule has 12 heavy (non-hydrogen) atoms. The third-order valence-electron chi connectivity index (χ3n) is 3.31. The van der Waals surface area contributed by atoms with E-state index in [4.69, 9.17) is 0 Å². The van der Waals surface area contributed by atoms with E-state index in [1.807, 2.05) is 11.9 Å². The van der Waals surface area contributed by atoms with Crippen LogP contribution in [0.4, 0.5) is 0 Å². The number of fused-ring (bicyclic) bond motifs is 2. The maximum Gasteiger partial charge on any atom is 0.223 e. The van der Waals surface area contributed by atoms with Gasteiger partial charge in [0.25, 0.3) is 0 Å². The molecule has 2 aliphatic heterocycles. The van der Waals surface area contributed by atoms with Crippen molar-refractivity contribution in [1.82, 2.24) is 9.80 Å². The van der Waals surface area contributed by atoms with Gasteiger partial charge in [-0.25, -0.2) is 0 Å². The van der Waals surface area contributed by atoms with Gasteiger partial charge in [-0.1, -0.05) is 0 Å². The quantitative estimate of drug-likeness (QED) is 0.520. The van der Waals surface area contributed by atoms with Gasteiger partial charge in [0, 0.05) is 32.1 Å². The number of carbonyl (C=O) groups excluding carboxylic acids is 1. The Balaban J connectivity index is 2.16. The average Bonchev–Trinajstić information content (AvgIpc) is 2.30. The molecular formula is C9H16N2O. The molecule has 0 aromatic heterocycles. The van der Waals surface area contributed by atoms with Crippen molar-refractivity contribution in [2.75, 3.05) is 20.6 Å². The Morgan fingerprint density at radius 1 is 1.25 bits per heavy atom. The first-order chi connectivity index (χ1) is 5.68. The van der Waals surface area contributed by atoms with Crippen LogP contribution in [0.5, 0.6) is 0 Å². The van der Waals surface area contributed by atoms with E-state index < -0.39 is 0 Å². The minimum atomic E-state index is 0.314. The number of likely N-dealkylation sites (tertiary alicyclic amines) is 1. The summed E-state index contributed by atoms with van der Waals surface area (Å²) in [5.74, 6) is 0.314. The Bertz CT molecular complexity index is 205. The minimum Gasteiger partial charge on any atom is -0.344 e. The highest BCUT2D eigenvalue weighted by Gasteiger charge is 2.36. The fourth-order valence-corrected chi connectivity index (χ4v) is 2.33. The van der Waals surface area contributed by atoms with Crippen LogP contribution in [0.25, 0.3) is 0 Å². The van der Waals surface area contributed by atoms with Crippen molar-refractivity contribution in [2.45, 2.75) is 31.3 Å². The highest BCUT2D eigenvalue weighted by atomic mass is 16.2. The second-order valence-electron chi connectivity index (χ2n) is 4.03. The molecule has 0 aliphatic carbocycles. The molecule has 0 unspecified atom stereocenters. The SMILES string of the molecule is CN1C[C@H]2CC[C@@H](CC1=O)N2C. The van der Waals surface area contributed by atoms with Gasteiger partial charge in [0.2, 0.25) is 5.91 Å². The standard InChI is InChI=1S/C9H16N2O/c1-10-6-8-4-3-7(11(8)2)5-9(10)12/h7-8H,3-6H2,1-2H3/t7-,8+/m0/s1. The maximum atomic E-state index is 11.4. The van der Waals surface area contributed by atoms with E-state index in [1.54, 1.807) is 0 Å². The van der Waals surface area contributed by atoms with Gasteiger partial charge in [0.15, 0.2) is 0 Å². The predicted molar refractivity (Wildman–Crippen MR) is 46.8 cm³/mol. The number of rotatable bonds is 0. The summed E-state index contributed by atoms with van der Waals surface area (Å²) in [6, 6.07) is 1.14. The molecule has 0 aromatic carbocycles. The van der Waals surface area contributed by atoms with Gasteiger partial charge in [0.1, 0.15) is 0 Å². The lowest BCUT2D eigenvalue weighted by atomic mass is 10.1. The molecule has 2 heterocycles. The number of nitrogens with zero attached hydrogens (tertiary/aromatic N) is 2. The molecule has 1 amide bonds. The van der Waals surface area contributed by atoms with Gasteiger partial charge < -0.3 is 4.90 Å². The molecule has 2 aliphatic rings. The molecule has 3 heteroatoms. The van der Waals surface area contributed by atoms with Gasteiger partial charge in [-0.2, -0.15) is 0 Å². The van der Waals surface area contributed by atoms with Crippen LogP contribution < -0.4 is 0 Å². The van der Waals surface area contributed by atoms with Gasteiger partial charge in [-0.15, -0.1) is 0 Å². The van der Waals surface area contributed by atoms with Crippen molar-refractivity contribution in [2.24, 2.45) is 0 Å². The summed E-state index contributed by atoms with van der Waals surface area (Å²) in [5, 5.41) is 0. The molecule has 0 spiro atoms. The molecule has 2 rings (SSSR count). The Morgan fingerprint density at radius 2 is 1.92 bits per heavy atom. The summed E-state index contributed by atoms with van der Waals surface area (Å²) in [6.07, 6.45) is 3.20. The van der Waals surface area contributed by atoms with E-state index >= 15 is 0 Å². The van der Waals surface area contributed by atoms with E-state index in [9.17, 15) is 4.79 Å². The van der Waals surface area contributed by atoms with Crippen molar-refractivity contribution >= 4 is 5.91 Å². The van der Waals surface area contributed by atoms with Crippen LogP contribution in [0.15, 0.2) is 0 Å². The summed E-state index contributed by atoms with van der Waals surface area (Å²) in [6.45, 7) is 0.922. The van der Waals surface area contributed by atoms with Gasteiger partial charge in [-0.05, 0) is 19.9 Å². The number of hydrogen-bond donors (Lipinski definition) is 0. The lowest BCUT2D eigenvalue weighted by Crippen LogP contribution is -2.35. The Labute approximate surface area is 73.3 Å². The van der Waals surface area contributed by atoms with Crippen molar-refractivity contribution in [1.29, 1.82) is 0 Å². The van der Waals surface area contributed by atoms with E-state index in [0.717, 1.165) is 13.0 Å². The summed E-state index contributed by atoms with van der Waals surface area (Å²) in [4.78, 5) is 15.7. The highest BCUT2D eigenvalue weighted by Crippen LogP contribution is 2.28. The topological polar surface area (TPSA) is 23.6 Å². The monoisotopic (exact) mass is 168 g/mol. The molecule has 0 N–H and O–H groups in total. The van der Waals surface area contributed by atoms with Gasteiger partial charge in [0.05, 0.1) is 0 Å². The number of hydrogen-bond acceptors (Lipinski definition) is 2. The zero-order valence-corrected chi connectivity index (χ0v) is 7.79.